The fourth-order valence-electron chi connectivity index (χ4n) is 5.94. The van der Waals surface area contributed by atoms with Gasteiger partial charge in [-0.25, -0.2) is 4.98 Å². The van der Waals surface area contributed by atoms with Crippen molar-refractivity contribution < 1.29 is 33.3 Å². The van der Waals surface area contributed by atoms with E-state index in [1.807, 2.05) is 12.1 Å². The van der Waals surface area contributed by atoms with Gasteiger partial charge in [-0.05, 0) is 48.4 Å². The summed E-state index contributed by atoms with van der Waals surface area (Å²) in [5.74, 6) is 1.03. The molecule has 0 saturated carbocycles. The first-order valence-electron chi connectivity index (χ1n) is 15.7. The second-order valence-corrected chi connectivity index (χ2v) is 11.7. The van der Waals surface area contributed by atoms with Crippen molar-refractivity contribution in [2.45, 2.75) is 44.5 Å². The summed E-state index contributed by atoms with van der Waals surface area (Å²) in [7, 11) is 3.05. The van der Waals surface area contributed by atoms with Gasteiger partial charge in [0.2, 0.25) is 11.8 Å². The van der Waals surface area contributed by atoms with Crippen molar-refractivity contribution in [3.05, 3.63) is 88.5 Å². The van der Waals surface area contributed by atoms with Gasteiger partial charge in [0, 0.05) is 44.1 Å². The Morgan fingerprint density at radius 2 is 1.81 bits per heavy atom. The van der Waals surface area contributed by atoms with E-state index in [4.69, 9.17) is 18.9 Å². The number of aromatic nitrogens is 2. The molecule has 3 aliphatic heterocycles. The van der Waals surface area contributed by atoms with Crippen LogP contribution in [0.4, 0.5) is 0 Å². The summed E-state index contributed by atoms with van der Waals surface area (Å²) in [5, 5.41) is 6.37. The highest BCUT2D eigenvalue weighted by molar-refractivity contribution is 5.80. The molecule has 3 aliphatic rings. The molecule has 3 amide bonds. The van der Waals surface area contributed by atoms with Crippen molar-refractivity contribution in [1.29, 1.82) is 0 Å². The predicted molar refractivity (Wildman–Crippen MR) is 175 cm³/mol. The SMILES string of the molecule is COc1cc2ccc1CNC(=O)CCc1ccc(OC)c(c1)OCC(=O)N[C@@H]1CN(C(=O)Cn3cnc4ccccc4c3=O)CC[C@@H]1O2. The Morgan fingerprint density at radius 3 is 2.65 bits per heavy atom. The molecule has 1 aromatic heterocycles. The zero-order valence-corrected chi connectivity index (χ0v) is 26.8. The third-order valence-corrected chi connectivity index (χ3v) is 8.54. The first kappa shape index (κ1) is 32.4. The van der Waals surface area contributed by atoms with Crippen LogP contribution in [0.5, 0.6) is 23.0 Å². The maximum absolute atomic E-state index is 13.5. The third-order valence-electron chi connectivity index (χ3n) is 8.54. The standard InChI is InChI=1S/C35H37N5O8/c1-45-29-11-7-22-8-12-32(41)36-17-23-9-10-24(16-30(23)46-2)48-28-13-14-39(18-27(28)38-33(42)20-47-31(29)15-22)34(43)19-40-21-37-26-6-4-3-5-25(26)35(40)44/h3-7,9-11,15-16,21,27-28H,8,12-14,17-20H2,1-2H3,(H,36,41)(H,38,42)/t27-,28+/m1/s1. The Kier molecular flexibility index (Phi) is 9.74. The number of para-hydroxylation sites is 1. The molecule has 250 valence electrons. The molecule has 4 bridgehead atoms. The zero-order chi connectivity index (χ0) is 33.6. The van der Waals surface area contributed by atoms with Gasteiger partial charge in [-0.15, -0.1) is 0 Å². The lowest BCUT2D eigenvalue weighted by Gasteiger charge is -2.39. The molecule has 4 heterocycles. The van der Waals surface area contributed by atoms with Gasteiger partial charge in [0.15, 0.2) is 18.1 Å². The number of methoxy groups -OCH3 is 2. The second-order valence-electron chi connectivity index (χ2n) is 11.7. The molecule has 0 spiro atoms. The summed E-state index contributed by atoms with van der Waals surface area (Å²) in [6.45, 7) is 0.238. The lowest BCUT2D eigenvalue weighted by molar-refractivity contribution is -0.136. The maximum Gasteiger partial charge on any atom is 0.261 e. The Labute approximate surface area is 276 Å². The monoisotopic (exact) mass is 655 g/mol. The third kappa shape index (κ3) is 7.35. The van der Waals surface area contributed by atoms with Crippen LogP contribution < -0.4 is 35.1 Å². The van der Waals surface area contributed by atoms with Gasteiger partial charge in [0.1, 0.15) is 24.1 Å². The van der Waals surface area contributed by atoms with Gasteiger partial charge in [-0.3, -0.25) is 23.7 Å². The average Bonchev–Trinajstić information content (AvgIpc) is 3.10. The number of nitrogens with one attached hydrogen (secondary N) is 2. The van der Waals surface area contributed by atoms with Crippen molar-refractivity contribution in [1.82, 2.24) is 25.1 Å². The number of likely N-dealkylation sites (tertiary alicyclic amines) is 1. The van der Waals surface area contributed by atoms with Crippen molar-refractivity contribution >= 4 is 28.6 Å². The number of aryl methyl sites for hydroxylation is 1. The van der Waals surface area contributed by atoms with E-state index in [0.717, 1.165) is 11.1 Å². The zero-order valence-electron chi connectivity index (χ0n) is 26.8. The highest BCUT2D eigenvalue weighted by Crippen LogP contribution is 2.30. The van der Waals surface area contributed by atoms with E-state index in [1.54, 1.807) is 60.5 Å². The number of ether oxygens (including phenoxy) is 4. The number of benzene rings is 3. The Bertz CT molecular complexity index is 1890. The van der Waals surface area contributed by atoms with Crippen LogP contribution in [0, 0.1) is 0 Å². The van der Waals surface area contributed by atoms with E-state index >= 15 is 0 Å². The van der Waals surface area contributed by atoms with Gasteiger partial charge in [0.05, 0.1) is 37.5 Å². The molecule has 7 rings (SSSR count). The Morgan fingerprint density at radius 1 is 0.979 bits per heavy atom. The molecule has 13 heteroatoms. The molecule has 1 saturated heterocycles. The lowest BCUT2D eigenvalue weighted by atomic mass is 10.0. The number of hydrogen-bond donors (Lipinski definition) is 2. The van der Waals surface area contributed by atoms with Gasteiger partial charge < -0.3 is 34.5 Å². The number of rotatable bonds is 4. The van der Waals surface area contributed by atoms with Crippen LogP contribution in [-0.2, 0) is 33.9 Å². The molecule has 3 aromatic carbocycles. The molecule has 0 aliphatic carbocycles. The van der Waals surface area contributed by atoms with Gasteiger partial charge in [-0.2, -0.15) is 0 Å². The summed E-state index contributed by atoms with van der Waals surface area (Å²) >= 11 is 0. The molecule has 1 fully saturated rings. The number of carbonyl (C=O) groups excluding carboxylic acids is 3. The largest absolute Gasteiger partial charge is 0.496 e. The van der Waals surface area contributed by atoms with Crippen LogP contribution in [0.2, 0.25) is 0 Å². The van der Waals surface area contributed by atoms with E-state index in [0.29, 0.717) is 53.3 Å². The number of piperidine rings is 1. The van der Waals surface area contributed by atoms with Crippen molar-refractivity contribution in [3.63, 3.8) is 0 Å². The van der Waals surface area contributed by atoms with Crippen LogP contribution in [0.1, 0.15) is 24.0 Å². The molecule has 4 aromatic rings. The molecule has 0 radical (unpaired) electrons. The molecule has 0 unspecified atom stereocenters. The Hall–Kier alpha value is -5.59. The second kappa shape index (κ2) is 14.4. The maximum atomic E-state index is 13.5. The predicted octanol–water partition coefficient (Wildman–Crippen LogP) is 2.22. The number of hydrogen-bond acceptors (Lipinski definition) is 9. The first-order valence-corrected chi connectivity index (χ1v) is 15.7. The molecule has 48 heavy (non-hydrogen) atoms. The normalized spacial score (nSPS) is 18.6. The number of amides is 3. The van der Waals surface area contributed by atoms with Crippen LogP contribution in [0.25, 0.3) is 10.9 Å². The van der Waals surface area contributed by atoms with E-state index in [1.165, 1.54) is 18.0 Å². The highest BCUT2D eigenvalue weighted by atomic mass is 16.5. The smallest absolute Gasteiger partial charge is 0.261 e. The van der Waals surface area contributed by atoms with Crippen molar-refractivity contribution in [2.24, 2.45) is 0 Å². The highest BCUT2D eigenvalue weighted by Gasteiger charge is 2.34. The molecule has 13 nitrogen and oxygen atoms in total. The van der Waals surface area contributed by atoms with Crippen LogP contribution in [-0.4, -0.2) is 78.2 Å². The van der Waals surface area contributed by atoms with E-state index in [-0.39, 0.29) is 50.0 Å². The van der Waals surface area contributed by atoms with E-state index < -0.39 is 18.1 Å². The average molecular weight is 656 g/mol. The van der Waals surface area contributed by atoms with Gasteiger partial charge in [0.25, 0.3) is 11.5 Å². The van der Waals surface area contributed by atoms with Crippen LogP contribution in [0.15, 0.2) is 71.8 Å². The van der Waals surface area contributed by atoms with Crippen molar-refractivity contribution in [2.75, 3.05) is 33.9 Å². The van der Waals surface area contributed by atoms with Crippen molar-refractivity contribution in [3.8, 4) is 23.0 Å². The van der Waals surface area contributed by atoms with Gasteiger partial charge >= 0.3 is 0 Å². The summed E-state index contributed by atoms with van der Waals surface area (Å²) in [4.78, 5) is 58.5. The quantitative estimate of drug-likeness (QED) is 0.338. The minimum absolute atomic E-state index is 0.126. The topological polar surface area (TPSA) is 150 Å². The minimum atomic E-state index is -0.606. The fraction of sp³-hybridized carbons (Fsp3) is 0.343. The summed E-state index contributed by atoms with van der Waals surface area (Å²) in [6.07, 6.45) is 1.98. The molecular formula is C35H37N5O8. The number of nitrogens with zero attached hydrogens (tertiary/aromatic N) is 3. The Balaban J connectivity index is 1.25. The van der Waals surface area contributed by atoms with E-state index in [2.05, 4.69) is 15.6 Å². The summed E-state index contributed by atoms with van der Waals surface area (Å²) in [6, 6.07) is 17.1. The van der Waals surface area contributed by atoms with E-state index in [9.17, 15) is 19.2 Å². The first-order chi connectivity index (χ1) is 23.3. The van der Waals surface area contributed by atoms with Crippen LogP contribution in [0.3, 0.4) is 0 Å². The molecule has 2 atom stereocenters. The summed E-state index contributed by atoms with van der Waals surface area (Å²) < 4.78 is 24.6. The van der Waals surface area contributed by atoms with Gasteiger partial charge in [-0.1, -0.05) is 18.2 Å². The number of carbonyl (C=O) groups is 3. The lowest BCUT2D eigenvalue weighted by Crippen LogP contribution is -2.59. The molecular weight excluding hydrogens is 618 g/mol. The fourth-order valence-corrected chi connectivity index (χ4v) is 5.94. The minimum Gasteiger partial charge on any atom is -0.496 e. The molecule has 2 N–H and O–H groups in total. The van der Waals surface area contributed by atoms with Crippen LogP contribution >= 0.6 is 0 Å². The summed E-state index contributed by atoms with van der Waals surface area (Å²) in [5.41, 5.74) is 1.87. The number of fused-ring (bicyclic) bond motifs is 10.